The van der Waals surface area contributed by atoms with Crippen molar-refractivity contribution in [3.63, 3.8) is 0 Å². The number of fused-ring (bicyclic) bond motifs is 1. The maximum atomic E-state index is 12.0. The summed E-state index contributed by atoms with van der Waals surface area (Å²) < 4.78 is 1.12. The number of H-pyrrole nitrogens is 1. The summed E-state index contributed by atoms with van der Waals surface area (Å²) in [6.07, 6.45) is 2.88. The molecule has 2 aromatic heterocycles. The number of aromatic amines is 1. The van der Waals surface area contributed by atoms with E-state index in [0.717, 1.165) is 29.5 Å². The van der Waals surface area contributed by atoms with Crippen LogP contribution in [0.2, 0.25) is 0 Å². The molecule has 0 saturated heterocycles. The van der Waals surface area contributed by atoms with Crippen molar-refractivity contribution in [3.05, 3.63) is 23.2 Å². The number of nitrogens with one attached hydrogen (secondary N) is 2. The van der Waals surface area contributed by atoms with Crippen molar-refractivity contribution in [2.75, 3.05) is 0 Å². The topological polar surface area (TPSA) is 70.9 Å². The summed E-state index contributed by atoms with van der Waals surface area (Å²) in [7, 11) is 0. The van der Waals surface area contributed by atoms with Gasteiger partial charge in [-0.25, -0.2) is 0 Å². The van der Waals surface area contributed by atoms with Crippen LogP contribution in [0.15, 0.2) is 17.5 Å². The van der Waals surface area contributed by atoms with Crippen LogP contribution in [-0.2, 0) is 0 Å². The average Bonchev–Trinajstić information content (AvgIpc) is 2.92. The van der Waals surface area contributed by atoms with Gasteiger partial charge in [0.05, 0.1) is 10.2 Å². The van der Waals surface area contributed by atoms with Crippen LogP contribution in [-0.4, -0.2) is 23.0 Å². The van der Waals surface area contributed by atoms with Crippen molar-refractivity contribution in [2.45, 2.75) is 31.3 Å². The number of aromatic nitrogens is 1. The molecule has 1 aliphatic carbocycles. The summed E-state index contributed by atoms with van der Waals surface area (Å²) in [5.74, 6) is -0.0208. The lowest BCUT2D eigenvalue weighted by Gasteiger charge is -2.11. The number of hydrogen-bond donors (Lipinski definition) is 3. The molecule has 17 heavy (non-hydrogen) atoms. The molecule has 3 rings (SSSR count). The van der Waals surface area contributed by atoms with Gasteiger partial charge in [0.25, 0.3) is 5.91 Å². The minimum absolute atomic E-state index is 0.0208. The van der Waals surface area contributed by atoms with Crippen LogP contribution in [0.3, 0.4) is 0 Å². The van der Waals surface area contributed by atoms with E-state index in [2.05, 4.69) is 10.3 Å². The zero-order chi connectivity index (χ0) is 11.8. The number of rotatable bonds is 2. The fourth-order valence-corrected chi connectivity index (χ4v) is 3.16. The third-order valence-corrected chi connectivity index (χ3v) is 4.16. The molecule has 0 radical (unpaired) electrons. The van der Waals surface area contributed by atoms with Crippen LogP contribution < -0.4 is 11.1 Å². The summed E-state index contributed by atoms with van der Waals surface area (Å²) in [6.45, 7) is 0. The molecule has 0 aliphatic heterocycles. The molecule has 0 aromatic carbocycles. The van der Waals surface area contributed by atoms with E-state index in [9.17, 15) is 4.79 Å². The molecule has 2 heterocycles. The third-order valence-electron chi connectivity index (χ3n) is 3.29. The Morgan fingerprint density at radius 3 is 3.12 bits per heavy atom. The first kappa shape index (κ1) is 10.8. The molecular weight excluding hydrogens is 234 g/mol. The molecule has 4 nitrogen and oxygen atoms in total. The number of thiophene rings is 1. The number of carbonyl (C=O) groups excluding carboxylic acids is 1. The van der Waals surface area contributed by atoms with Gasteiger partial charge < -0.3 is 16.0 Å². The predicted octanol–water partition coefficient (Wildman–Crippen LogP) is 1.84. The highest BCUT2D eigenvalue weighted by atomic mass is 32.1. The Morgan fingerprint density at radius 1 is 1.53 bits per heavy atom. The van der Waals surface area contributed by atoms with E-state index in [1.165, 1.54) is 0 Å². The fraction of sp³-hybridized carbons (Fsp3) is 0.417. The average molecular weight is 249 g/mol. The first-order valence-corrected chi connectivity index (χ1v) is 6.73. The largest absolute Gasteiger partial charge is 0.350 e. The van der Waals surface area contributed by atoms with Crippen LogP contribution in [0, 0.1) is 0 Å². The third kappa shape index (κ3) is 2.08. The van der Waals surface area contributed by atoms with Crippen molar-refractivity contribution in [1.29, 1.82) is 0 Å². The second-order valence-electron chi connectivity index (χ2n) is 4.63. The van der Waals surface area contributed by atoms with Crippen LogP contribution in [0.1, 0.15) is 29.8 Å². The van der Waals surface area contributed by atoms with Gasteiger partial charge in [-0.05, 0) is 36.8 Å². The summed E-state index contributed by atoms with van der Waals surface area (Å²) in [5.41, 5.74) is 7.50. The maximum Gasteiger partial charge on any atom is 0.267 e. The highest BCUT2D eigenvalue weighted by Gasteiger charge is 2.24. The van der Waals surface area contributed by atoms with Gasteiger partial charge in [-0.1, -0.05) is 0 Å². The van der Waals surface area contributed by atoms with Crippen molar-refractivity contribution >= 4 is 27.5 Å². The first-order valence-electron chi connectivity index (χ1n) is 5.85. The molecule has 0 spiro atoms. The van der Waals surface area contributed by atoms with E-state index in [1.807, 2.05) is 17.5 Å². The predicted molar refractivity (Wildman–Crippen MR) is 69.3 cm³/mol. The minimum atomic E-state index is -0.0208. The quantitative estimate of drug-likeness (QED) is 0.760. The highest BCUT2D eigenvalue weighted by molar-refractivity contribution is 7.17. The smallest absolute Gasteiger partial charge is 0.267 e. The number of nitrogens with two attached hydrogens (primary N) is 1. The van der Waals surface area contributed by atoms with E-state index in [4.69, 9.17) is 5.73 Å². The molecule has 2 aromatic rings. The Labute approximate surface area is 103 Å². The Hall–Kier alpha value is -1.33. The lowest BCUT2D eigenvalue weighted by Crippen LogP contribution is -2.34. The molecule has 4 N–H and O–H groups in total. The zero-order valence-corrected chi connectivity index (χ0v) is 10.2. The number of carbonyl (C=O) groups is 1. The molecule has 1 amide bonds. The number of hydrogen-bond acceptors (Lipinski definition) is 3. The molecule has 2 atom stereocenters. The highest BCUT2D eigenvalue weighted by Crippen LogP contribution is 2.22. The van der Waals surface area contributed by atoms with Gasteiger partial charge in [-0.15, -0.1) is 11.3 Å². The van der Waals surface area contributed by atoms with Gasteiger partial charge >= 0.3 is 0 Å². The van der Waals surface area contributed by atoms with Gasteiger partial charge in [-0.3, -0.25) is 4.79 Å². The standard InChI is InChI=1S/C12H15N3OS/c13-7-1-2-8(5-7)14-12(16)10-6-11-9(15-10)3-4-17-11/h3-4,6-8,15H,1-2,5,13H2,(H,14,16)/t7-,8-/m0/s1. The summed E-state index contributed by atoms with van der Waals surface area (Å²) in [5, 5.41) is 5.04. The van der Waals surface area contributed by atoms with Gasteiger partial charge in [0, 0.05) is 12.1 Å². The molecule has 1 fully saturated rings. The molecule has 0 bridgehead atoms. The van der Waals surface area contributed by atoms with Gasteiger partial charge in [0.2, 0.25) is 0 Å². The minimum Gasteiger partial charge on any atom is -0.350 e. The van der Waals surface area contributed by atoms with E-state index in [0.29, 0.717) is 5.69 Å². The lowest BCUT2D eigenvalue weighted by atomic mass is 10.2. The van der Waals surface area contributed by atoms with E-state index < -0.39 is 0 Å². The fourth-order valence-electron chi connectivity index (χ4n) is 2.38. The van der Waals surface area contributed by atoms with E-state index in [-0.39, 0.29) is 18.0 Å². The Kier molecular flexibility index (Phi) is 2.64. The van der Waals surface area contributed by atoms with E-state index >= 15 is 0 Å². The zero-order valence-electron chi connectivity index (χ0n) is 9.40. The van der Waals surface area contributed by atoms with Crippen molar-refractivity contribution in [3.8, 4) is 0 Å². The maximum absolute atomic E-state index is 12.0. The van der Waals surface area contributed by atoms with Crippen molar-refractivity contribution < 1.29 is 4.79 Å². The second-order valence-corrected chi connectivity index (χ2v) is 5.57. The Morgan fingerprint density at radius 2 is 2.41 bits per heavy atom. The molecule has 5 heteroatoms. The first-order chi connectivity index (χ1) is 8.22. The summed E-state index contributed by atoms with van der Waals surface area (Å²) >= 11 is 1.64. The van der Waals surface area contributed by atoms with Crippen LogP contribution in [0.5, 0.6) is 0 Å². The van der Waals surface area contributed by atoms with Gasteiger partial charge in [-0.2, -0.15) is 0 Å². The Balaban J connectivity index is 1.71. The monoisotopic (exact) mass is 249 g/mol. The van der Waals surface area contributed by atoms with Crippen LogP contribution in [0.25, 0.3) is 10.2 Å². The lowest BCUT2D eigenvalue weighted by molar-refractivity contribution is 0.0933. The number of amides is 1. The second kappa shape index (κ2) is 4.16. The molecule has 1 aliphatic rings. The summed E-state index contributed by atoms with van der Waals surface area (Å²) in [6, 6.07) is 4.37. The van der Waals surface area contributed by atoms with Crippen molar-refractivity contribution in [2.24, 2.45) is 5.73 Å². The normalized spacial score (nSPS) is 24.3. The summed E-state index contributed by atoms with van der Waals surface area (Å²) in [4.78, 5) is 15.1. The van der Waals surface area contributed by atoms with Gasteiger partial charge in [0.1, 0.15) is 5.69 Å². The Bertz CT molecular complexity index is 516. The molecule has 0 unspecified atom stereocenters. The molecule has 90 valence electrons. The van der Waals surface area contributed by atoms with Crippen LogP contribution in [0.4, 0.5) is 0 Å². The van der Waals surface area contributed by atoms with E-state index in [1.54, 1.807) is 11.3 Å². The van der Waals surface area contributed by atoms with Crippen molar-refractivity contribution in [1.82, 2.24) is 10.3 Å². The van der Waals surface area contributed by atoms with Gasteiger partial charge in [0.15, 0.2) is 0 Å². The molecular formula is C12H15N3OS. The molecule has 1 saturated carbocycles. The SMILES string of the molecule is N[C@H]1CC[C@H](NC(=O)c2cc3sccc3[nH]2)C1. The van der Waals surface area contributed by atoms with Crippen LogP contribution >= 0.6 is 11.3 Å².